The van der Waals surface area contributed by atoms with Crippen molar-refractivity contribution in [3.05, 3.63) is 0 Å². The van der Waals surface area contributed by atoms with Crippen molar-refractivity contribution in [1.29, 1.82) is 0 Å². The fourth-order valence-electron chi connectivity index (χ4n) is 0.113. The lowest BCUT2D eigenvalue weighted by Gasteiger charge is -2.04. The molecule has 1 aliphatic rings. The second-order valence-corrected chi connectivity index (χ2v) is 15.9. The molecule has 0 bridgehead atoms. The molecule has 0 aromatic carbocycles. The van der Waals surface area contributed by atoms with Crippen LogP contribution in [0.15, 0.2) is 0 Å². The van der Waals surface area contributed by atoms with Crippen molar-refractivity contribution in [3.63, 3.8) is 0 Å². The summed E-state index contributed by atoms with van der Waals surface area (Å²) in [7, 11) is 10.3. The summed E-state index contributed by atoms with van der Waals surface area (Å²) in [6, 6.07) is 0. The first-order valence-corrected chi connectivity index (χ1v) is 12.5. The van der Waals surface area contributed by atoms with Gasteiger partial charge in [-0.1, -0.05) is 0 Å². The van der Waals surface area contributed by atoms with Gasteiger partial charge in [-0.3, -0.25) is 0 Å². The minimum atomic E-state index is -0.764. The fourth-order valence-corrected chi connectivity index (χ4v) is 23.9. The Balaban J connectivity index is 2.12. The maximum atomic E-state index is 10.8. The molecule has 0 N–H and O–H groups in total. The largest absolute Gasteiger partial charge is 0.592 e. The third kappa shape index (κ3) is 5.07. The van der Waals surface area contributed by atoms with Crippen LogP contribution in [-0.4, -0.2) is 4.55 Å². The SMILES string of the molecule is [O-][S+]1SSSSSSS1. The minimum Gasteiger partial charge on any atom is -0.592 e. The number of hydrogen-bond donors (Lipinski definition) is 0. The van der Waals surface area contributed by atoms with E-state index in [1.54, 1.807) is 49.1 Å². The van der Waals surface area contributed by atoms with Gasteiger partial charge in [0.05, 0.1) is 0 Å². The first-order valence-electron chi connectivity index (χ1n) is 1.50. The van der Waals surface area contributed by atoms with Crippen molar-refractivity contribution < 1.29 is 4.55 Å². The Morgan fingerprint density at radius 1 is 0.778 bits per heavy atom. The molecule has 54 valence electrons. The van der Waals surface area contributed by atoms with E-state index in [0.29, 0.717) is 0 Å². The van der Waals surface area contributed by atoms with Gasteiger partial charge in [0.1, 0.15) is 9.24 Å². The van der Waals surface area contributed by atoms with Gasteiger partial charge in [-0.15, -0.1) is 0 Å². The molecular formula is OS8. The summed E-state index contributed by atoms with van der Waals surface area (Å²) in [6.07, 6.45) is 0. The van der Waals surface area contributed by atoms with Gasteiger partial charge in [-0.2, -0.15) is 0 Å². The Morgan fingerprint density at radius 3 is 1.78 bits per heavy atom. The number of hydrogen-bond acceptors (Lipinski definition) is 8. The van der Waals surface area contributed by atoms with Crippen LogP contribution in [0.25, 0.3) is 0 Å². The van der Waals surface area contributed by atoms with Gasteiger partial charge in [-0.05, 0) is 0 Å². The molecule has 0 amide bonds. The van der Waals surface area contributed by atoms with E-state index >= 15 is 0 Å². The molecule has 1 heterocycles. The molecule has 0 aromatic heterocycles. The van der Waals surface area contributed by atoms with Gasteiger partial charge in [-0.25, -0.2) is 0 Å². The molecule has 0 radical (unpaired) electrons. The first kappa shape index (κ1) is 9.85. The molecule has 1 aliphatic heterocycles. The molecule has 0 aliphatic carbocycles. The van der Waals surface area contributed by atoms with Crippen LogP contribution in [-0.2, 0) is 9.24 Å². The van der Waals surface area contributed by atoms with Crippen LogP contribution in [0.4, 0.5) is 0 Å². The molecular weight excluding hydrogens is 273 g/mol. The van der Waals surface area contributed by atoms with Crippen molar-refractivity contribution in [3.8, 4) is 0 Å². The highest BCUT2D eigenvalue weighted by Gasteiger charge is 2.16. The Kier molecular flexibility index (Phi) is 6.89. The molecule has 9 heteroatoms. The van der Waals surface area contributed by atoms with Gasteiger partial charge in [0.15, 0.2) is 19.7 Å². The average molecular weight is 273 g/mol. The fraction of sp³-hybridized carbons (Fsp3) is 0. The second-order valence-electron chi connectivity index (χ2n) is 0.680. The van der Waals surface area contributed by atoms with E-state index in [2.05, 4.69) is 0 Å². The molecule has 0 aromatic rings. The van der Waals surface area contributed by atoms with Gasteiger partial charge in [0.2, 0.25) is 0 Å². The van der Waals surface area contributed by atoms with Crippen molar-refractivity contribution in [2.24, 2.45) is 0 Å². The highest BCUT2D eigenvalue weighted by atomic mass is 34.1. The van der Waals surface area contributed by atoms with Crippen molar-refractivity contribution in [1.82, 2.24) is 0 Å². The van der Waals surface area contributed by atoms with E-state index < -0.39 is 9.24 Å². The Hall–Kier alpha value is 2.76. The van der Waals surface area contributed by atoms with E-state index in [1.807, 2.05) is 0 Å². The van der Waals surface area contributed by atoms with Crippen LogP contribution < -0.4 is 0 Å². The molecule has 1 saturated heterocycles. The van der Waals surface area contributed by atoms with Crippen LogP contribution in [0.5, 0.6) is 0 Å². The summed E-state index contributed by atoms with van der Waals surface area (Å²) in [6.45, 7) is 0. The van der Waals surface area contributed by atoms with Crippen LogP contribution in [0.2, 0.25) is 0 Å². The zero-order valence-electron chi connectivity index (χ0n) is 3.67. The predicted octanol–water partition coefficient (Wildman–Crippen LogP) is 4.20. The van der Waals surface area contributed by atoms with Crippen molar-refractivity contribution in [2.45, 2.75) is 0 Å². The number of rotatable bonds is 0. The lowest BCUT2D eigenvalue weighted by molar-refractivity contribution is 0.622. The van der Waals surface area contributed by atoms with Gasteiger partial charge < -0.3 is 4.55 Å². The monoisotopic (exact) mass is 272 g/mol. The standard InChI is InChI=1S/OS8/c1-9-7-5-3-2-4-6-8-9. The molecule has 0 unspecified atom stereocenters. The molecule has 1 rings (SSSR count). The highest BCUT2D eigenvalue weighted by molar-refractivity contribution is 9.58. The molecule has 0 saturated carbocycles. The Bertz CT molecular complexity index is 63.0. The summed E-state index contributed by atoms with van der Waals surface area (Å²) in [5.41, 5.74) is 0. The lowest BCUT2D eigenvalue weighted by Crippen LogP contribution is -1.77. The van der Waals surface area contributed by atoms with Crippen LogP contribution >= 0.6 is 68.8 Å². The normalized spacial score (nSPS) is 25.0. The minimum absolute atomic E-state index is 0.764. The van der Waals surface area contributed by atoms with E-state index in [4.69, 9.17) is 0 Å². The molecule has 9 heavy (non-hydrogen) atoms. The second kappa shape index (κ2) is 6.30. The first-order chi connectivity index (χ1) is 4.39. The quantitative estimate of drug-likeness (QED) is 0.477. The summed E-state index contributed by atoms with van der Waals surface area (Å²) in [4.78, 5) is 0. The molecule has 1 fully saturated rings. The van der Waals surface area contributed by atoms with Gasteiger partial charge in [0, 0.05) is 49.1 Å². The maximum absolute atomic E-state index is 10.8. The van der Waals surface area contributed by atoms with Crippen LogP contribution in [0.1, 0.15) is 0 Å². The Morgan fingerprint density at radius 2 is 1.22 bits per heavy atom. The summed E-state index contributed by atoms with van der Waals surface area (Å²) in [5, 5.41) is 0. The highest BCUT2D eigenvalue weighted by Crippen LogP contribution is 2.62. The lowest BCUT2D eigenvalue weighted by atomic mass is 15.9. The van der Waals surface area contributed by atoms with Crippen LogP contribution in [0.3, 0.4) is 0 Å². The van der Waals surface area contributed by atoms with Gasteiger partial charge >= 0.3 is 0 Å². The maximum Gasteiger partial charge on any atom is 0.188 e. The summed E-state index contributed by atoms with van der Waals surface area (Å²) >= 11 is 0. The summed E-state index contributed by atoms with van der Waals surface area (Å²) < 4.78 is 10.8. The van der Waals surface area contributed by atoms with E-state index in [9.17, 15) is 4.55 Å². The molecule has 0 spiro atoms. The van der Waals surface area contributed by atoms with Crippen LogP contribution in [0, 0.1) is 0 Å². The zero-order valence-corrected chi connectivity index (χ0v) is 10.2. The summed E-state index contributed by atoms with van der Waals surface area (Å²) in [5.74, 6) is 0. The third-order valence-corrected chi connectivity index (χ3v) is 19.5. The third-order valence-electron chi connectivity index (χ3n) is 0.278. The van der Waals surface area contributed by atoms with Gasteiger partial charge in [0.25, 0.3) is 0 Å². The molecule has 1 nitrogen and oxygen atoms in total. The van der Waals surface area contributed by atoms with Crippen molar-refractivity contribution >= 4 is 78.0 Å². The smallest absolute Gasteiger partial charge is 0.188 e. The van der Waals surface area contributed by atoms with Crippen molar-refractivity contribution in [2.75, 3.05) is 0 Å². The van der Waals surface area contributed by atoms with E-state index in [1.165, 1.54) is 19.7 Å². The molecule has 0 atom stereocenters. The van der Waals surface area contributed by atoms with E-state index in [-0.39, 0.29) is 0 Å². The van der Waals surface area contributed by atoms with E-state index in [0.717, 1.165) is 0 Å². The average Bonchev–Trinajstić information content (AvgIpc) is 1.79. The topological polar surface area (TPSA) is 23.1 Å². The predicted molar refractivity (Wildman–Crippen MR) is 61.3 cm³/mol. The Labute approximate surface area is 81.5 Å². The zero-order chi connectivity index (χ0) is 6.53.